The van der Waals surface area contributed by atoms with Gasteiger partial charge in [-0.1, -0.05) is 72.8 Å². The van der Waals surface area contributed by atoms with Crippen molar-refractivity contribution in [3.05, 3.63) is 95.4 Å². The monoisotopic (exact) mass is 345 g/mol. The Hall–Kier alpha value is -3.16. The molecule has 0 saturated heterocycles. The Bertz CT molecular complexity index is 1030. The zero-order chi connectivity index (χ0) is 17.7. The SMILES string of the molecule is N#C/C(=C/c1ccc(-c2ccccc2)cc1)S(=O)(=O)c1ccccc1. The second-order valence-corrected chi connectivity index (χ2v) is 7.34. The van der Waals surface area contributed by atoms with Crippen LogP contribution in [0.2, 0.25) is 0 Å². The van der Waals surface area contributed by atoms with E-state index in [-0.39, 0.29) is 9.80 Å². The maximum Gasteiger partial charge on any atom is 0.216 e. The van der Waals surface area contributed by atoms with Gasteiger partial charge in [-0.3, -0.25) is 0 Å². The minimum absolute atomic E-state index is 0.115. The number of sulfone groups is 1. The van der Waals surface area contributed by atoms with E-state index in [2.05, 4.69) is 0 Å². The molecule has 3 nitrogen and oxygen atoms in total. The summed E-state index contributed by atoms with van der Waals surface area (Å²) in [5, 5.41) is 9.32. The highest BCUT2D eigenvalue weighted by Gasteiger charge is 2.20. The molecule has 0 radical (unpaired) electrons. The van der Waals surface area contributed by atoms with Crippen LogP contribution in [0.4, 0.5) is 0 Å². The maximum absolute atomic E-state index is 12.6. The fourth-order valence-corrected chi connectivity index (χ4v) is 3.63. The number of hydrogen-bond donors (Lipinski definition) is 0. The Morgan fingerprint density at radius 1 is 0.760 bits per heavy atom. The van der Waals surface area contributed by atoms with E-state index < -0.39 is 9.84 Å². The number of allylic oxidation sites excluding steroid dienone is 1. The number of nitrogens with zero attached hydrogens (tertiary/aromatic N) is 1. The van der Waals surface area contributed by atoms with Gasteiger partial charge in [0.05, 0.1) is 4.90 Å². The number of hydrogen-bond acceptors (Lipinski definition) is 3. The smallest absolute Gasteiger partial charge is 0.216 e. The zero-order valence-corrected chi connectivity index (χ0v) is 14.1. The summed E-state index contributed by atoms with van der Waals surface area (Å²) < 4.78 is 25.1. The molecule has 0 atom stereocenters. The van der Waals surface area contributed by atoms with Gasteiger partial charge >= 0.3 is 0 Å². The molecule has 0 amide bonds. The van der Waals surface area contributed by atoms with Crippen molar-refractivity contribution < 1.29 is 8.42 Å². The fourth-order valence-electron chi connectivity index (χ4n) is 2.45. The van der Waals surface area contributed by atoms with Crippen LogP contribution in [0.25, 0.3) is 17.2 Å². The van der Waals surface area contributed by atoms with Crippen LogP contribution < -0.4 is 0 Å². The molecule has 25 heavy (non-hydrogen) atoms. The van der Waals surface area contributed by atoms with Crippen LogP contribution in [0.5, 0.6) is 0 Å². The van der Waals surface area contributed by atoms with Crippen LogP contribution in [0, 0.1) is 11.3 Å². The van der Waals surface area contributed by atoms with Crippen molar-refractivity contribution in [3.63, 3.8) is 0 Å². The molecule has 0 saturated carbocycles. The predicted octanol–water partition coefficient (Wildman–Crippen LogP) is 4.69. The first-order valence-electron chi connectivity index (χ1n) is 7.69. The number of nitriles is 1. The van der Waals surface area contributed by atoms with Gasteiger partial charge in [0.25, 0.3) is 0 Å². The van der Waals surface area contributed by atoms with Crippen molar-refractivity contribution in [2.75, 3.05) is 0 Å². The molecular formula is C21H15NO2S. The molecule has 3 aromatic carbocycles. The molecule has 3 rings (SSSR count). The van der Waals surface area contributed by atoms with Crippen LogP contribution >= 0.6 is 0 Å². The van der Waals surface area contributed by atoms with E-state index in [0.29, 0.717) is 5.56 Å². The lowest BCUT2D eigenvalue weighted by Gasteiger charge is -2.04. The van der Waals surface area contributed by atoms with E-state index in [1.54, 1.807) is 30.3 Å². The molecule has 0 unspecified atom stereocenters. The van der Waals surface area contributed by atoms with Crippen molar-refractivity contribution in [1.29, 1.82) is 5.26 Å². The molecule has 0 heterocycles. The number of benzene rings is 3. The van der Waals surface area contributed by atoms with E-state index in [4.69, 9.17) is 0 Å². The lowest BCUT2D eigenvalue weighted by Crippen LogP contribution is -2.03. The standard InChI is InChI=1S/C21H15NO2S/c22-16-21(25(23,24)20-9-5-2-6-10-20)15-17-11-13-19(14-12-17)18-7-3-1-4-8-18/h1-15H/b21-15-. The highest BCUT2D eigenvalue weighted by molar-refractivity contribution is 7.95. The predicted molar refractivity (Wildman–Crippen MR) is 99.1 cm³/mol. The Kier molecular flexibility index (Phi) is 4.78. The molecule has 4 heteroatoms. The molecule has 0 aliphatic rings. The average Bonchev–Trinajstić information content (AvgIpc) is 2.68. The van der Waals surface area contributed by atoms with Gasteiger partial charge in [0, 0.05) is 0 Å². The third-order valence-corrected chi connectivity index (χ3v) is 5.45. The van der Waals surface area contributed by atoms with Crippen molar-refractivity contribution in [3.8, 4) is 17.2 Å². The van der Waals surface area contributed by atoms with E-state index in [1.165, 1.54) is 18.2 Å². The van der Waals surface area contributed by atoms with Crippen LogP contribution in [0.1, 0.15) is 5.56 Å². The summed E-state index contributed by atoms with van der Waals surface area (Å²) >= 11 is 0. The molecule has 0 N–H and O–H groups in total. The van der Waals surface area contributed by atoms with Crippen LogP contribution in [0.3, 0.4) is 0 Å². The van der Waals surface area contributed by atoms with E-state index in [9.17, 15) is 13.7 Å². The third-order valence-electron chi connectivity index (χ3n) is 3.77. The third kappa shape index (κ3) is 3.68. The maximum atomic E-state index is 12.6. The Morgan fingerprint density at radius 3 is 1.84 bits per heavy atom. The van der Waals surface area contributed by atoms with Gasteiger partial charge in [-0.05, 0) is 34.9 Å². The second-order valence-electron chi connectivity index (χ2n) is 5.42. The molecule has 0 bridgehead atoms. The normalized spacial score (nSPS) is 11.7. The summed E-state index contributed by atoms with van der Waals surface area (Å²) in [6.07, 6.45) is 1.40. The van der Waals surface area contributed by atoms with Gasteiger partial charge in [-0.25, -0.2) is 8.42 Å². The van der Waals surface area contributed by atoms with Gasteiger partial charge < -0.3 is 0 Å². The Morgan fingerprint density at radius 2 is 1.28 bits per heavy atom. The fraction of sp³-hybridized carbons (Fsp3) is 0. The van der Waals surface area contributed by atoms with E-state index >= 15 is 0 Å². The van der Waals surface area contributed by atoms with Crippen molar-refractivity contribution in [2.24, 2.45) is 0 Å². The minimum Gasteiger partial charge on any atom is -0.218 e. The Labute approximate surface area is 147 Å². The first-order valence-corrected chi connectivity index (χ1v) is 9.17. The molecule has 0 spiro atoms. The Balaban J connectivity index is 1.95. The van der Waals surface area contributed by atoms with Gasteiger partial charge in [0.2, 0.25) is 9.84 Å². The molecule has 0 aromatic heterocycles. The quantitative estimate of drug-likeness (QED) is 0.644. The average molecular weight is 345 g/mol. The number of rotatable bonds is 4. The summed E-state index contributed by atoms with van der Waals surface area (Å²) in [6, 6.07) is 27.1. The molecular weight excluding hydrogens is 330 g/mol. The first-order chi connectivity index (χ1) is 12.1. The topological polar surface area (TPSA) is 57.9 Å². The van der Waals surface area contributed by atoms with Crippen LogP contribution in [0.15, 0.2) is 94.7 Å². The first kappa shape index (κ1) is 16.7. The van der Waals surface area contributed by atoms with E-state index in [0.717, 1.165) is 11.1 Å². The largest absolute Gasteiger partial charge is 0.218 e. The molecule has 122 valence electrons. The van der Waals surface area contributed by atoms with Crippen molar-refractivity contribution >= 4 is 15.9 Å². The van der Waals surface area contributed by atoms with Gasteiger partial charge in [-0.2, -0.15) is 5.26 Å². The van der Waals surface area contributed by atoms with Crippen LogP contribution in [-0.4, -0.2) is 8.42 Å². The highest BCUT2D eigenvalue weighted by Crippen LogP contribution is 2.23. The van der Waals surface area contributed by atoms with E-state index in [1.807, 2.05) is 48.5 Å². The zero-order valence-electron chi connectivity index (χ0n) is 13.3. The van der Waals surface area contributed by atoms with Gasteiger partial charge in [0.15, 0.2) is 0 Å². The summed E-state index contributed by atoms with van der Waals surface area (Å²) in [5.41, 5.74) is 2.77. The molecule has 3 aromatic rings. The summed E-state index contributed by atoms with van der Waals surface area (Å²) in [5.74, 6) is 0. The van der Waals surface area contributed by atoms with Crippen molar-refractivity contribution in [1.82, 2.24) is 0 Å². The minimum atomic E-state index is -3.81. The molecule has 0 aliphatic carbocycles. The van der Waals surface area contributed by atoms with Gasteiger partial charge in [-0.15, -0.1) is 0 Å². The van der Waals surface area contributed by atoms with Crippen LogP contribution in [-0.2, 0) is 9.84 Å². The van der Waals surface area contributed by atoms with Gasteiger partial charge in [0.1, 0.15) is 11.0 Å². The molecule has 0 aliphatic heterocycles. The summed E-state index contributed by atoms with van der Waals surface area (Å²) in [6.45, 7) is 0. The highest BCUT2D eigenvalue weighted by atomic mass is 32.2. The second kappa shape index (κ2) is 7.16. The summed E-state index contributed by atoms with van der Waals surface area (Å²) in [4.78, 5) is -0.158. The molecule has 0 fully saturated rings. The lowest BCUT2D eigenvalue weighted by molar-refractivity contribution is 0.603. The summed E-state index contributed by atoms with van der Waals surface area (Å²) in [7, 11) is -3.81. The lowest BCUT2D eigenvalue weighted by atomic mass is 10.0. The van der Waals surface area contributed by atoms with Crippen molar-refractivity contribution in [2.45, 2.75) is 4.90 Å².